The molecule has 7 aromatic carbocycles. The lowest BCUT2D eigenvalue weighted by Gasteiger charge is -2.15. The van der Waals surface area contributed by atoms with Gasteiger partial charge in [-0.05, 0) is 40.8 Å². The minimum Gasteiger partial charge on any atom is -0.309 e. The second kappa shape index (κ2) is 10.5. The molecule has 0 saturated heterocycles. The summed E-state index contributed by atoms with van der Waals surface area (Å²) in [5.74, 6) is 0.935. The lowest BCUT2D eigenvalue weighted by Crippen LogP contribution is -1.98. The van der Waals surface area contributed by atoms with Gasteiger partial charge < -0.3 is 4.57 Å². The highest BCUT2D eigenvalue weighted by atomic mass is 15.0. The second-order valence-corrected chi connectivity index (χ2v) is 12.4. The molecule has 0 spiro atoms. The average molecular weight is 612 g/mol. The molecule has 3 nitrogen and oxygen atoms in total. The van der Waals surface area contributed by atoms with Crippen molar-refractivity contribution in [3.05, 3.63) is 176 Å². The van der Waals surface area contributed by atoms with E-state index in [9.17, 15) is 0 Å². The fourth-order valence-corrected chi connectivity index (χ4v) is 7.58. The maximum absolute atomic E-state index is 5.55. The van der Waals surface area contributed by atoms with Gasteiger partial charge in [0.05, 0.1) is 27.8 Å². The summed E-state index contributed by atoms with van der Waals surface area (Å²) in [5, 5.41) is 6.08. The molecule has 0 radical (unpaired) electrons. The molecule has 0 unspecified atom stereocenters. The summed E-state index contributed by atoms with van der Waals surface area (Å²) in [4.78, 5) is 5.55. The predicted octanol–water partition coefficient (Wildman–Crippen LogP) is 11.7. The quantitative estimate of drug-likeness (QED) is 0.182. The molecule has 3 aromatic heterocycles. The third-order valence-corrected chi connectivity index (χ3v) is 9.70. The van der Waals surface area contributed by atoms with Crippen molar-refractivity contribution in [2.24, 2.45) is 0 Å². The zero-order valence-electron chi connectivity index (χ0n) is 26.1. The fraction of sp³-hybridized carbons (Fsp3) is 0. The lowest BCUT2D eigenvalue weighted by molar-refractivity contribution is 1.18. The molecule has 0 aliphatic heterocycles. The summed E-state index contributed by atoms with van der Waals surface area (Å²) in [5.41, 5.74) is 11.3. The van der Waals surface area contributed by atoms with E-state index in [-0.39, 0.29) is 0 Å². The van der Waals surface area contributed by atoms with Crippen molar-refractivity contribution in [2.45, 2.75) is 0 Å². The molecule has 0 N–H and O–H groups in total. The summed E-state index contributed by atoms with van der Waals surface area (Å²) in [6, 6.07) is 63.0. The Bertz CT molecular complexity index is 2790. The Morgan fingerprint density at radius 1 is 0.354 bits per heavy atom. The van der Waals surface area contributed by atoms with Gasteiger partial charge in [0.1, 0.15) is 5.82 Å². The van der Waals surface area contributed by atoms with Gasteiger partial charge in [-0.25, -0.2) is 4.98 Å². The standard InChI is InChI=1S/C45H29N3/c1-4-14-30(15-5-1)31-24-26-32(27-25-31)42-44-41-37(35-20-10-13-23-40(35)48(44)45(46-42)33-16-6-2-7-17-33)28-29-38-36-21-11-12-22-39(36)47(43(38)41)34-18-8-3-9-19-34/h1-29H. The molecule has 0 aliphatic carbocycles. The Morgan fingerprint density at radius 2 is 0.875 bits per heavy atom. The van der Waals surface area contributed by atoms with E-state index in [1.807, 2.05) is 0 Å². The topological polar surface area (TPSA) is 22.2 Å². The van der Waals surface area contributed by atoms with Crippen LogP contribution in [-0.2, 0) is 0 Å². The van der Waals surface area contributed by atoms with Gasteiger partial charge in [-0.2, -0.15) is 0 Å². The van der Waals surface area contributed by atoms with Gasteiger partial charge in [0.2, 0.25) is 0 Å². The van der Waals surface area contributed by atoms with Crippen LogP contribution in [0.1, 0.15) is 0 Å². The first-order valence-electron chi connectivity index (χ1n) is 16.4. The van der Waals surface area contributed by atoms with Gasteiger partial charge in [-0.1, -0.05) is 152 Å². The van der Waals surface area contributed by atoms with Gasteiger partial charge in [0, 0.05) is 38.4 Å². The van der Waals surface area contributed by atoms with Crippen LogP contribution in [-0.4, -0.2) is 14.0 Å². The van der Waals surface area contributed by atoms with Crippen molar-refractivity contribution in [3.63, 3.8) is 0 Å². The molecule has 10 aromatic rings. The van der Waals surface area contributed by atoms with E-state index in [0.717, 1.165) is 39.4 Å². The van der Waals surface area contributed by atoms with Crippen LogP contribution in [0.4, 0.5) is 0 Å². The van der Waals surface area contributed by atoms with Crippen LogP contribution in [0, 0.1) is 0 Å². The van der Waals surface area contributed by atoms with Crippen LogP contribution in [0.5, 0.6) is 0 Å². The second-order valence-electron chi connectivity index (χ2n) is 12.4. The lowest BCUT2D eigenvalue weighted by atomic mass is 9.98. The number of benzene rings is 7. The van der Waals surface area contributed by atoms with Crippen molar-refractivity contribution in [1.29, 1.82) is 0 Å². The summed E-state index contributed by atoms with van der Waals surface area (Å²) in [7, 11) is 0. The SMILES string of the molecule is c1ccc(-c2ccc(-c3nc(-c4ccccc4)n4c5ccccc5c5ccc6c7ccccc7n(-c7ccccc7)c6c5c34)cc2)cc1. The minimum atomic E-state index is 0.935. The van der Waals surface area contributed by atoms with Gasteiger partial charge in [0.25, 0.3) is 0 Å². The van der Waals surface area contributed by atoms with Crippen LogP contribution in [0.2, 0.25) is 0 Å². The molecule has 0 amide bonds. The third-order valence-electron chi connectivity index (χ3n) is 9.70. The first-order valence-corrected chi connectivity index (χ1v) is 16.4. The first kappa shape index (κ1) is 26.7. The predicted molar refractivity (Wildman–Crippen MR) is 201 cm³/mol. The monoisotopic (exact) mass is 611 g/mol. The van der Waals surface area contributed by atoms with E-state index in [1.54, 1.807) is 0 Å². The zero-order chi connectivity index (χ0) is 31.6. The minimum absolute atomic E-state index is 0.935. The molecule has 0 fully saturated rings. The van der Waals surface area contributed by atoms with Crippen molar-refractivity contribution in [1.82, 2.24) is 14.0 Å². The van der Waals surface area contributed by atoms with E-state index < -0.39 is 0 Å². The number of para-hydroxylation sites is 3. The number of nitrogens with zero attached hydrogens (tertiary/aromatic N) is 3. The molecule has 3 heterocycles. The largest absolute Gasteiger partial charge is 0.309 e. The van der Waals surface area contributed by atoms with Crippen LogP contribution >= 0.6 is 0 Å². The van der Waals surface area contributed by atoms with E-state index in [1.165, 1.54) is 49.1 Å². The Morgan fingerprint density at radius 3 is 1.58 bits per heavy atom. The van der Waals surface area contributed by atoms with E-state index in [2.05, 4.69) is 185 Å². The number of hydrogen-bond donors (Lipinski definition) is 0. The van der Waals surface area contributed by atoms with E-state index in [0.29, 0.717) is 0 Å². The highest BCUT2D eigenvalue weighted by Crippen LogP contribution is 2.44. The van der Waals surface area contributed by atoms with E-state index >= 15 is 0 Å². The Labute approximate surface area is 277 Å². The fourth-order valence-electron chi connectivity index (χ4n) is 7.58. The molecule has 3 heteroatoms. The molecule has 48 heavy (non-hydrogen) atoms. The molecule has 0 aliphatic rings. The first-order chi connectivity index (χ1) is 23.8. The Balaban J connectivity index is 1.43. The maximum atomic E-state index is 5.55. The molecule has 10 rings (SSSR count). The van der Waals surface area contributed by atoms with Crippen molar-refractivity contribution >= 4 is 49.0 Å². The van der Waals surface area contributed by atoms with Crippen molar-refractivity contribution in [2.75, 3.05) is 0 Å². The summed E-state index contributed by atoms with van der Waals surface area (Å²) in [6.45, 7) is 0. The molecule has 224 valence electrons. The van der Waals surface area contributed by atoms with E-state index in [4.69, 9.17) is 4.98 Å². The molecule has 0 saturated carbocycles. The average Bonchev–Trinajstić information content (AvgIpc) is 3.73. The van der Waals surface area contributed by atoms with Crippen molar-refractivity contribution in [3.8, 4) is 39.5 Å². The van der Waals surface area contributed by atoms with Gasteiger partial charge in [0.15, 0.2) is 0 Å². The van der Waals surface area contributed by atoms with Crippen LogP contribution < -0.4 is 0 Å². The number of fused-ring (bicyclic) bond motifs is 10. The van der Waals surface area contributed by atoms with Crippen LogP contribution in [0.3, 0.4) is 0 Å². The molecular formula is C45H29N3. The third kappa shape index (κ3) is 3.91. The van der Waals surface area contributed by atoms with Crippen LogP contribution in [0.15, 0.2) is 176 Å². The molecule has 0 bridgehead atoms. The van der Waals surface area contributed by atoms with Gasteiger partial charge >= 0.3 is 0 Å². The maximum Gasteiger partial charge on any atom is 0.145 e. The zero-order valence-corrected chi connectivity index (χ0v) is 26.1. The number of pyridine rings is 1. The number of rotatable bonds is 4. The number of imidazole rings is 1. The highest BCUT2D eigenvalue weighted by Gasteiger charge is 2.24. The number of aromatic nitrogens is 3. The summed E-state index contributed by atoms with van der Waals surface area (Å²) in [6.07, 6.45) is 0. The molecular weight excluding hydrogens is 583 g/mol. The Hall–Kier alpha value is -6.45. The van der Waals surface area contributed by atoms with Gasteiger partial charge in [-0.15, -0.1) is 0 Å². The van der Waals surface area contributed by atoms with Crippen molar-refractivity contribution < 1.29 is 0 Å². The molecule has 0 atom stereocenters. The smallest absolute Gasteiger partial charge is 0.145 e. The highest BCUT2D eigenvalue weighted by molar-refractivity contribution is 6.28. The van der Waals surface area contributed by atoms with Gasteiger partial charge in [-0.3, -0.25) is 4.40 Å². The number of hydrogen-bond acceptors (Lipinski definition) is 1. The Kier molecular flexibility index (Phi) is 5.87. The normalized spacial score (nSPS) is 11.8. The summed E-state index contributed by atoms with van der Waals surface area (Å²) >= 11 is 0. The van der Waals surface area contributed by atoms with Crippen LogP contribution in [0.25, 0.3) is 88.5 Å². The summed E-state index contributed by atoms with van der Waals surface area (Å²) < 4.78 is 4.85.